The lowest BCUT2D eigenvalue weighted by atomic mass is 9.96. The lowest BCUT2D eigenvalue weighted by Crippen LogP contribution is -2.15. The summed E-state index contributed by atoms with van der Waals surface area (Å²) in [6.45, 7) is 5.33. The van der Waals surface area contributed by atoms with Crippen LogP contribution in [0.4, 0.5) is 0 Å². The lowest BCUT2D eigenvalue weighted by molar-refractivity contribution is -0.132. The van der Waals surface area contributed by atoms with Gasteiger partial charge in [0.2, 0.25) is 0 Å². The number of hydrogen-bond donors (Lipinski definition) is 0. The molecular formula is C10H16O3. The number of hydrogen-bond acceptors (Lipinski definition) is 3. The third-order valence-corrected chi connectivity index (χ3v) is 2.07. The first-order valence-electron chi connectivity index (χ1n) is 4.50. The number of carbonyl (C=O) groups is 3. The van der Waals surface area contributed by atoms with Crippen molar-refractivity contribution in [2.24, 2.45) is 11.8 Å². The predicted molar refractivity (Wildman–Crippen MR) is 49.3 cm³/mol. The van der Waals surface area contributed by atoms with E-state index in [0.717, 1.165) is 0 Å². The average molecular weight is 184 g/mol. The molecule has 0 aliphatic carbocycles. The van der Waals surface area contributed by atoms with Gasteiger partial charge in [0.05, 0.1) is 0 Å². The summed E-state index contributed by atoms with van der Waals surface area (Å²) in [5.41, 5.74) is 0. The molecule has 1 unspecified atom stereocenters. The second-order valence-electron chi connectivity index (χ2n) is 3.58. The monoisotopic (exact) mass is 184 g/mol. The van der Waals surface area contributed by atoms with Gasteiger partial charge in [0, 0.05) is 18.3 Å². The highest BCUT2D eigenvalue weighted by Gasteiger charge is 2.14. The molecule has 3 nitrogen and oxygen atoms in total. The standard InChI is InChI=1S/C10H16O3/c1-7(2)9(12)5-4-8(3)10(13)6-11/h6-8H,4-5H2,1-3H3. The second kappa shape index (κ2) is 5.62. The van der Waals surface area contributed by atoms with E-state index in [1.807, 2.05) is 13.8 Å². The molecule has 0 aliphatic rings. The Labute approximate surface area is 78.5 Å². The molecule has 3 heteroatoms. The van der Waals surface area contributed by atoms with Crippen LogP contribution in [-0.2, 0) is 14.4 Å². The zero-order valence-electron chi connectivity index (χ0n) is 8.37. The summed E-state index contributed by atoms with van der Waals surface area (Å²) in [7, 11) is 0. The van der Waals surface area contributed by atoms with Gasteiger partial charge in [-0.3, -0.25) is 14.4 Å². The summed E-state index contributed by atoms with van der Waals surface area (Å²) < 4.78 is 0. The molecule has 0 bridgehead atoms. The Bertz CT molecular complexity index is 206. The Morgan fingerprint density at radius 3 is 2.15 bits per heavy atom. The minimum atomic E-state index is -0.420. The average Bonchev–Trinajstić information content (AvgIpc) is 2.11. The largest absolute Gasteiger partial charge is 0.299 e. The van der Waals surface area contributed by atoms with Crippen molar-refractivity contribution < 1.29 is 14.4 Å². The maximum absolute atomic E-state index is 11.2. The van der Waals surface area contributed by atoms with Crippen molar-refractivity contribution in [3.05, 3.63) is 0 Å². The lowest BCUT2D eigenvalue weighted by Gasteiger charge is -2.07. The molecule has 0 N–H and O–H groups in total. The van der Waals surface area contributed by atoms with Gasteiger partial charge < -0.3 is 0 Å². The van der Waals surface area contributed by atoms with Gasteiger partial charge >= 0.3 is 0 Å². The van der Waals surface area contributed by atoms with Gasteiger partial charge in [-0.05, 0) is 6.42 Å². The maximum Gasteiger partial charge on any atom is 0.197 e. The molecule has 0 rings (SSSR count). The van der Waals surface area contributed by atoms with E-state index in [0.29, 0.717) is 19.1 Å². The van der Waals surface area contributed by atoms with Gasteiger partial charge in [-0.2, -0.15) is 0 Å². The molecule has 0 fully saturated rings. The first kappa shape index (κ1) is 12.0. The smallest absolute Gasteiger partial charge is 0.197 e. The number of ketones is 2. The van der Waals surface area contributed by atoms with Crippen LogP contribution in [0.2, 0.25) is 0 Å². The van der Waals surface area contributed by atoms with Crippen molar-refractivity contribution in [3.63, 3.8) is 0 Å². The summed E-state index contributed by atoms with van der Waals surface area (Å²) >= 11 is 0. The van der Waals surface area contributed by atoms with E-state index in [-0.39, 0.29) is 17.6 Å². The van der Waals surface area contributed by atoms with Crippen molar-refractivity contribution in [1.29, 1.82) is 0 Å². The van der Waals surface area contributed by atoms with Crippen LogP contribution in [0.1, 0.15) is 33.6 Å². The van der Waals surface area contributed by atoms with E-state index in [4.69, 9.17) is 0 Å². The van der Waals surface area contributed by atoms with Gasteiger partial charge in [0.1, 0.15) is 5.78 Å². The number of carbonyl (C=O) groups excluding carboxylic acids is 3. The van der Waals surface area contributed by atoms with E-state index in [9.17, 15) is 14.4 Å². The quantitative estimate of drug-likeness (QED) is 0.463. The Morgan fingerprint density at radius 2 is 1.77 bits per heavy atom. The normalized spacial score (nSPS) is 12.6. The maximum atomic E-state index is 11.2. The summed E-state index contributed by atoms with van der Waals surface area (Å²) in [5, 5.41) is 0. The van der Waals surface area contributed by atoms with Crippen LogP contribution < -0.4 is 0 Å². The number of aldehydes is 1. The minimum Gasteiger partial charge on any atom is -0.299 e. The molecule has 0 aromatic carbocycles. The summed E-state index contributed by atoms with van der Waals surface area (Å²) in [6, 6.07) is 0. The summed E-state index contributed by atoms with van der Waals surface area (Å²) in [6.07, 6.45) is 1.19. The van der Waals surface area contributed by atoms with E-state index < -0.39 is 5.78 Å². The third-order valence-electron chi connectivity index (χ3n) is 2.07. The van der Waals surface area contributed by atoms with Crippen molar-refractivity contribution in [3.8, 4) is 0 Å². The minimum absolute atomic E-state index is 0.0125. The topological polar surface area (TPSA) is 51.2 Å². The van der Waals surface area contributed by atoms with Gasteiger partial charge in [0.15, 0.2) is 12.1 Å². The molecular weight excluding hydrogens is 168 g/mol. The van der Waals surface area contributed by atoms with Crippen molar-refractivity contribution in [2.75, 3.05) is 0 Å². The highest BCUT2D eigenvalue weighted by molar-refractivity contribution is 6.25. The number of Topliss-reactive ketones (excluding diaryl/α,β-unsaturated/α-hetero) is 2. The Morgan fingerprint density at radius 1 is 1.23 bits per heavy atom. The SMILES string of the molecule is CC(C)C(=O)CCC(C)C(=O)C=O. The van der Waals surface area contributed by atoms with Gasteiger partial charge in [-0.1, -0.05) is 20.8 Å². The Hall–Kier alpha value is -0.990. The first-order valence-corrected chi connectivity index (χ1v) is 4.50. The van der Waals surface area contributed by atoms with Gasteiger partial charge in [0.25, 0.3) is 0 Å². The third kappa shape index (κ3) is 4.55. The van der Waals surface area contributed by atoms with E-state index >= 15 is 0 Å². The van der Waals surface area contributed by atoms with Crippen LogP contribution in [0.15, 0.2) is 0 Å². The van der Waals surface area contributed by atoms with Crippen LogP contribution in [-0.4, -0.2) is 17.9 Å². The molecule has 0 amide bonds. The Balaban J connectivity index is 3.82. The highest BCUT2D eigenvalue weighted by Crippen LogP contribution is 2.09. The van der Waals surface area contributed by atoms with Crippen LogP contribution in [0.5, 0.6) is 0 Å². The highest BCUT2D eigenvalue weighted by atomic mass is 16.2. The fourth-order valence-corrected chi connectivity index (χ4v) is 0.906. The summed E-state index contributed by atoms with van der Waals surface area (Å²) in [4.78, 5) is 32.1. The van der Waals surface area contributed by atoms with Gasteiger partial charge in [-0.15, -0.1) is 0 Å². The summed E-state index contributed by atoms with van der Waals surface area (Å²) in [5.74, 6) is -0.583. The van der Waals surface area contributed by atoms with E-state index in [1.54, 1.807) is 6.92 Å². The molecule has 13 heavy (non-hydrogen) atoms. The Kier molecular flexibility index (Phi) is 5.19. The zero-order chi connectivity index (χ0) is 10.4. The molecule has 0 aromatic heterocycles. The van der Waals surface area contributed by atoms with Crippen LogP contribution in [0.25, 0.3) is 0 Å². The predicted octanol–water partition coefficient (Wildman–Crippen LogP) is 1.40. The molecule has 0 heterocycles. The molecule has 74 valence electrons. The van der Waals surface area contributed by atoms with Crippen LogP contribution in [0.3, 0.4) is 0 Å². The molecule has 0 spiro atoms. The molecule has 0 saturated carbocycles. The number of rotatable bonds is 6. The molecule has 0 aliphatic heterocycles. The first-order chi connectivity index (χ1) is 5.99. The fourth-order valence-electron chi connectivity index (χ4n) is 0.906. The molecule has 0 radical (unpaired) electrons. The fraction of sp³-hybridized carbons (Fsp3) is 0.700. The van der Waals surface area contributed by atoms with E-state index in [1.165, 1.54) is 0 Å². The van der Waals surface area contributed by atoms with Crippen molar-refractivity contribution in [2.45, 2.75) is 33.6 Å². The molecule has 1 atom stereocenters. The van der Waals surface area contributed by atoms with Crippen molar-refractivity contribution in [1.82, 2.24) is 0 Å². The zero-order valence-corrected chi connectivity index (χ0v) is 8.37. The van der Waals surface area contributed by atoms with Crippen molar-refractivity contribution >= 4 is 17.9 Å². The van der Waals surface area contributed by atoms with Gasteiger partial charge in [-0.25, -0.2) is 0 Å². The van der Waals surface area contributed by atoms with Crippen LogP contribution in [0, 0.1) is 11.8 Å². The molecule has 0 aromatic rings. The van der Waals surface area contributed by atoms with E-state index in [2.05, 4.69) is 0 Å². The van der Waals surface area contributed by atoms with Crippen LogP contribution >= 0.6 is 0 Å². The molecule has 0 saturated heterocycles. The second-order valence-corrected chi connectivity index (χ2v) is 3.58.